The van der Waals surface area contributed by atoms with E-state index < -0.39 is 34.2 Å². The maximum atomic E-state index is 14.4. The lowest BCUT2D eigenvalue weighted by molar-refractivity contribution is -0.137. The summed E-state index contributed by atoms with van der Waals surface area (Å²) >= 11 is 0. The summed E-state index contributed by atoms with van der Waals surface area (Å²) in [4.78, 5) is 15.0. The van der Waals surface area contributed by atoms with Crippen molar-refractivity contribution in [3.63, 3.8) is 0 Å². The second kappa shape index (κ2) is 7.16. The van der Waals surface area contributed by atoms with Gasteiger partial charge < -0.3 is 4.98 Å². The first-order valence-electron chi connectivity index (χ1n) is 8.81. The van der Waals surface area contributed by atoms with Crippen LogP contribution in [0.4, 0.5) is 17.6 Å². The van der Waals surface area contributed by atoms with Crippen LogP contribution in [-0.2, 0) is 6.18 Å². The van der Waals surface area contributed by atoms with Crippen LogP contribution in [0.1, 0.15) is 11.1 Å². The Morgan fingerprint density at radius 2 is 1.60 bits per heavy atom. The molecule has 0 bridgehead atoms. The zero-order chi connectivity index (χ0) is 21.5. The van der Waals surface area contributed by atoms with Gasteiger partial charge in [-0.15, -0.1) is 0 Å². The smallest absolute Gasteiger partial charge is 0.321 e. The minimum Gasteiger partial charge on any atom is -0.321 e. The highest BCUT2D eigenvalue weighted by Crippen LogP contribution is 2.35. The van der Waals surface area contributed by atoms with E-state index in [2.05, 4.69) is 4.98 Å². The lowest BCUT2D eigenvalue weighted by atomic mass is 9.96. The number of aromatic nitrogens is 1. The number of pyridine rings is 1. The van der Waals surface area contributed by atoms with Gasteiger partial charge in [-0.3, -0.25) is 4.79 Å². The molecule has 0 amide bonds. The Labute approximate surface area is 167 Å². The van der Waals surface area contributed by atoms with Gasteiger partial charge >= 0.3 is 6.18 Å². The molecule has 1 N–H and O–H groups in total. The Morgan fingerprint density at radius 3 is 2.30 bits per heavy atom. The molecule has 0 saturated heterocycles. The van der Waals surface area contributed by atoms with E-state index in [1.807, 2.05) is 30.3 Å². The van der Waals surface area contributed by atoms with Gasteiger partial charge in [0.1, 0.15) is 17.4 Å². The van der Waals surface area contributed by atoms with E-state index in [4.69, 9.17) is 0 Å². The summed E-state index contributed by atoms with van der Waals surface area (Å²) in [6.07, 6.45) is -4.70. The number of hydrogen-bond donors (Lipinski definition) is 1. The van der Waals surface area contributed by atoms with Crippen LogP contribution in [0.25, 0.3) is 33.2 Å². The highest BCUT2D eigenvalue weighted by molar-refractivity contribution is 5.87. The first kappa shape index (κ1) is 19.4. The highest BCUT2D eigenvalue weighted by atomic mass is 19.4. The van der Waals surface area contributed by atoms with E-state index in [-0.39, 0.29) is 11.3 Å². The van der Waals surface area contributed by atoms with E-state index in [9.17, 15) is 27.6 Å². The second-order valence-corrected chi connectivity index (χ2v) is 6.67. The molecule has 1 heterocycles. The number of nitriles is 1. The molecule has 3 aromatic carbocycles. The first-order chi connectivity index (χ1) is 14.3. The molecule has 4 aromatic rings. The number of H-pyrrole nitrogens is 1. The Balaban J connectivity index is 1.96. The Hall–Kier alpha value is -3.92. The van der Waals surface area contributed by atoms with Gasteiger partial charge in [0.2, 0.25) is 0 Å². The SMILES string of the molecule is N#Cc1c(-c2cc(C(F)(F)F)ccc2F)cc(-c2ccc3ccccc3c2)[nH]c1=O. The molecule has 3 nitrogen and oxygen atoms in total. The summed E-state index contributed by atoms with van der Waals surface area (Å²) in [7, 11) is 0. The molecule has 0 saturated carbocycles. The monoisotopic (exact) mass is 408 g/mol. The van der Waals surface area contributed by atoms with Crippen LogP contribution < -0.4 is 5.56 Å². The van der Waals surface area contributed by atoms with Crippen LogP contribution in [0.15, 0.2) is 71.5 Å². The average Bonchev–Trinajstić information content (AvgIpc) is 2.72. The quantitative estimate of drug-likeness (QED) is 0.421. The molecule has 0 aliphatic rings. The van der Waals surface area contributed by atoms with Crippen molar-refractivity contribution in [3.8, 4) is 28.5 Å². The van der Waals surface area contributed by atoms with Crippen molar-refractivity contribution in [1.29, 1.82) is 5.26 Å². The zero-order valence-electron chi connectivity index (χ0n) is 15.2. The number of benzene rings is 3. The largest absolute Gasteiger partial charge is 0.416 e. The maximum Gasteiger partial charge on any atom is 0.416 e. The van der Waals surface area contributed by atoms with Crippen LogP contribution >= 0.6 is 0 Å². The Morgan fingerprint density at radius 1 is 0.867 bits per heavy atom. The van der Waals surface area contributed by atoms with E-state index in [1.165, 1.54) is 6.07 Å². The number of hydrogen-bond acceptors (Lipinski definition) is 2. The molecule has 30 heavy (non-hydrogen) atoms. The van der Waals surface area contributed by atoms with Gasteiger partial charge in [-0.25, -0.2) is 4.39 Å². The second-order valence-electron chi connectivity index (χ2n) is 6.67. The number of alkyl halides is 3. The number of nitrogens with one attached hydrogen (secondary N) is 1. The van der Waals surface area contributed by atoms with Crippen molar-refractivity contribution < 1.29 is 17.6 Å². The maximum absolute atomic E-state index is 14.4. The summed E-state index contributed by atoms with van der Waals surface area (Å²) in [5.41, 5.74) is -2.17. The van der Waals surface area contributed by atoms with Crippen LogP contribution in [0.3, 0.4) is 0 Å². The molecule has 4 rings (SSSR count). The number of aromatic amines is 1. The Kier molecular flexibility index (Phi) is 4.63. The molecule has 0 unspecified atom stereocenters. The topological polar surface area (TPSA) is 56.6 Å². The van der Waals surface area contributed by atoms with Crippen molar-refractivity contribution in [2.24, 2.45) is 0 Å². The van der Waals surface area contributed by atoms with Gasteiger partial charge in [-0.05, 0) is 46.7 Å². The fourth-order valence-corrected chi connectivity index (χ4v) is 3.30. The van der Waals surface area contributed by atoms with E-state index in [0.29, 0.717) is 23.8 Å². The molecule has 0 atom stereocenters. The lowest BCUT2D eigenvalue weighted by Gasteiger charge is -2.12. The molecule has 7 heteroatoms. The summed E-state index contributed by atoms with van der Waals surface area (Å²) in [6, 6.07) is 17.7. The van der Waals surface area contributed by atoms with Gasteiger partial charge in [0.15, 0.2) is 0 Å². The predicted octanol–water partition coefficient (Wildman–Crippen LogP) is 5.89. The number of nitrogens with zero attached hydrogens (tertiary/aromatic N) is 1. The number of rotatable bonds is 2. The van der Waals surface area contributed by atoms with Crippen molar-refractivity contribution >= 4 is 10.8 Å². The van der Waals surface area contributed by atoms with Crippen molar-refractivity contribution in [1.82, 2.24) is 4.98 Å². The van der Waals surface area contributed by atoms with E-state index >= 15 is 0 Å². The third-order valence-corrected chi connectivity index (χ3v) is 4.79. The van der Waals surface area contributed by atoms with Gasteiger partial charge in [-0.1, -0.05) is 36.4 Å². The molecule has 0 radical (unpaired) electrons. The predicted molar refractivity (Wildman–Crippen MR) is 105 cm³/mol. The molecule has 148 valence electrons. The molecular weight excluding hydrogens is 396 g/mol. The summed E-state index contributed by atoms with van der Waals surface area (Å²) in [5.74, 6) is -0.963. The molecule has 1 aromatic heterocycles. The van der Waals surface area contributed by atoms with Crippen LogP contribution in [0.2, 0.25) is 0 Å². The lowest BCUT2D eigenvalue weighted by Crippen LogP contribution is -2.13. The van der Waals surface area contributed by atoms with Gasteiger partial charge in [0.25, 0.3) is 5.56 Å². The summed E-state index contributed by atoms with van der Waals surface area (Å²) in [6.45, 7) is 0. The van der Waals surface area contributed by atoms with Gasteiger partial charge in [0.05, 0.1) is 5.56 Å². The van der Waals surface area contributed by atoms with Crippen LogP contribution in [-0.4, -0.2) is 4.98 Å². The molecule has 0 fully saturated rings. The summed E-state index contributed by atoms with van der Waals surface area (Å²) < 4.78 is 53.8. The zero-order valence-corrected chi connectivity index (χ0v) is 15.2. The fourth-order valence-electron chi connectivity index (χ4n) is 3.30. The van der Waals surface area contributed by atoms with E-state index in [0.717, 1.165) is 10.8 Å². The minimum absolute atomic E-state index is 0.201. The normalized spacial score (nSPS) is 11.4. The van der Waals surface area contributed by atoms with Crippen molar-refractivity contribution in [3.05, 3.63) is 94.0 Å². The van der Waals surface area contributed by atoms with Crippen molar-refractivity contribution in [2.75, 3.05) is 0 Å². The molecule has 0 spiro atoms. The van der Waals surface area contributed by atoms with Crippen molar-refractivity contribution in [2.45, 2.75) is 6.18 Å². The third-order valence-electron chi connectivity index (χ3n) is 4.79. The van der Waals surface area contributed by atoms with Gasteiger partial charge in [-0.2, -0.15) is 18.4 Å². The Bertz CT molecular complexity index is 1380. The van der Waals surface area contributed by atoms with Crippen LogP contribution in [0.5, 0.6) is 0 Å². The molecular formula is C23H12F4N2O. The highest BCUT2D eigenvalue weighted by Gasteiger charge is 2.31. The van der Waals surface area contributed by atoms with E-state index in [1.54, 1.807) is 18.2 Å². The molecule has 0 aliphatic heterocycles. The van der Waals surface area contributed by atoms with Gasteiger partial charge in [0, 0.05) is 16.8 Å². The van der Waals surface area contributed by atoms with Crippen LogP contribution in [0, 0.1) is 17.1 Å². The third kappa shape index (κ3) is 3.44. The minimum atomic E-state index is -4.70. The average molecular weight is 408 g/mol. The molecule has 0 aliphatic carbocycles. The standard InChI is InChI=1S/C23H12F4N2O/c24-20-8-7-16(23(25,26)27)10-18(20)17-11-21(29-22(30)19(17)12-28)15-6-5-13-3-1-2-4-14(13)9-15/h1-11H,(H,29,30). The summed E-state index contributed by atoms with van der Waals surface area (Å²) in [5, 5.41) is 11.2. The number of halogens is 4. The first-order valence-corrected chi connectivity index (χ1v) is 8.81. The fraction of sp³-hybridized carbons (Fsp3) is 0.0435. The number of fused-ring (bicyclic) bond motifs is 1.